The van der Waals surface area contributed by atoms with Crippen molar-refractivity contribution in [3.8, 4) is 0 Å². The molecule has 0 spiro atoms. The van der Waals surface area contributed by atoms with E-state index in [1.807, 2.05) is 36.1 Å². The van der Waals surface area contributed by atoms with E-state index in [9.17, 15) is 4.79 Å². The van der Waals surface area contributed by atoms with Crippen LogP contribution in [0.3, 0.4) is 0 Å². The molecule has 116 valence electrons. The van der Waals surface area contributed by atoms with E-state index in [1.165, 1.54) is 0 Å². The summed E-state index contributed by atoms with van der Waals surface area (Å²) in [6.07, 6.45) is 1.76. The average Bonchev–Trinajstić information content (AvgIpc) is 2.73. The minimum Gasteiger partial charge on any atom is -0.322 e. The van der Waals surface area contributed by atoms with Gasteiger partial charge in [-0.2, -0.15) is 0 Å². The standard InChI is InChI=1S/C17H25ClN2O/c1-5-14-16(21)20(11-10-17(2,3)4)15(19-14)12-6-8-13(18)9-7-12/h6-9,14-15,19H,5,10-11H2,1-4H3. The molecule has 4 heteroatoms. The fraction of sp³-hybridized carbons (Fsp3) is 0.588. The van der Waals surface area contributed by atoms with E-state index in [2.05, 4.69) is 26.1 Å². The Bertz CT molecular complexity index is 493. The number of carbonyl (C=O) groups is 1. The van der Waals surface area contributed by atoms with E-state index in [0.29, 0.717) is 0 Å². The summed E-state index contributed by atoms with van der Waals surface area (Å²) in [5.74, 6) is 0.210. The summed E-state index contributed by atoms with van der Waals surface area (Å²) >= 11 is 5.96. The van der Waals surface area contributed by atoms with Gasteiger partial charge >= 0.3 is 0 Å². The maximum Gasteiger partial charge on any atom is 0.241 e. The number of benzene rings is 1. The molecule has 21 heavy (non-hydrogen) atoms. The number of nitrogens with zero attached hydrogens (tertiary/aromatic N) is 1. The minimum atomic E-state index is -0.0781. The smallest absolute Gasteiger partial charge is 0.241 e. The zero-order valence-electron chi connectivity index (χ0n) is 13.3. The van der Waals surface area contributed by atoms with E-state index in [0.717, 1.165) is 30.0 Å². The highest BCUT2D eigenvalue weighted by Gasteiger charge is 2.38. The Balaban J connectivity index is 2.20. The molecule has 0 aliphatic carbocycles. The van der Waals surface area contributed by atoms with Crippen LogP contribution in [0.4, 0.5) is 0 Å². The van der Waals surface area contributed by atoms with Crippen LogP contribution in [-0.2, 0) is 4.79 Å². The summed E-state index contributed by atoms with van der Waals surface area (Å²) in [4.78, 5) is 14.5. The van der Waals surface area contributed by atoms with Gasteiger partial charge in [-0.05, 0) is 36.0 Å². The van der Waals surface area contributed by atoms with Crippen molar-refractivity contribution in [2.45, 2.75) is 52.7 Å². The molecule has 1 saturated heterocycles. The maximum atomic E-state index is 12.5. The lowest BCUT2D eigenvalue weighted by molar-refractivity contribution is -0.130. The Morgan fingerprint density at radius 1 is 1.24 bits per heavy atom. The third-order valence-electron chi connectivity index (χ3n) is 3.95. The molecule has 2 atom stereocenters. The summed E-state index contributed by atoms with van der Waals surface area (Å²) in [6.45, 7) is 9.43. The van der Waals surface area contributed by atoms with Gasteiger partial charge in [0.25, 0.3) is 0 Å². The number of rotatable bonds is 4. The Morgan fingerprint density at radius 2 is 1.86 bits per heavy atom. The Morgan fingerprint density at radius 3 is 2.38 bits per heavy atom. The van der Waals surface area contributed by atoms with Crippen LogP contribution in [0.25, 0.3) is 0 Å². The number of nitrogens with one attached hydrogen (secondary N) is 1. The van der Waals surface area contributed by atoms with Crippen molar-refractivity contribution in [1.82, 2.24) is 10.2 Å². The van der Waals surface area contributed by atoms with Crippen LogP contribution in [0.5, 0.6) is 0 Å². The van der Waals surface area contributed by atoms with E-state index in [4.69, 9.17) is 11.6 Å². The molecule has 1 aromatic rings. The van der Waals surface area contributed by atoms with Crippen LogP contribution >= 0.6 is 11.6 Å². The molecule has 2 unspecified atom stereocenters. The third kappa shape index (κ3) is 3.98. The molecule has 1 amide bonds. The van der Waals surface area contributed by atoms with Gasteiger partial charge in [0.15, 0.2) is 0 Å². The molecule has 1 fully saturated rings. The van der Waals surface area contributed by atoms with Gasteiger partial charge in [0, 0.05) is 11.6 Å². The van der Waals surface area contributed by atoms with Crippen molar-refractivity contribution in [2.75, 3.05) is 6.54 Å². The SMILES string of the molecule is CCC1NC(c2ccc(Cl)cc2)N(CCC(C)(C)C)C1=O. The van der Waals surface area contributed by atoms with E-state index in [1.54, 1.807) is 0 Å². The lowest BCUT2D eigenvalue weighted by atomic mass is 9.92. The minimum absolute atomic E-state index is 0.0398. The molecule has 0 bridgehead atoms. The Kier molecular flexibility index (Phi) is 4.95. The predicted octanol–water partition coefficient (Wildman–Crippen LogP) is 3.99. The van der Waals surface area contributed by atoms with Crippen LogP contribution in [-0.4, -0.2) is 23.4 Å². The number of hydrogen-bond acceptors (Lipinski definition) is 2. The molecule has 1 N–H and O–H groups in total. The van der Waals surface area contributed by atoms with Gasteiger partial charge in [0.05, 0.1) is 6.04 Å². The van der Waals surface area contributed by atoms with E-state index < -0.39 is 0 Å². The molecule has 0 radical (unpaired) electrons. The quantitative estimate of drug-likeness (QED) is 0.912. The molecule has 1 aliphatic heterocycles. The maximum absolute atomic E-state index is 12.5. The zero-order chi connectivity index (χ0) is 15.6. The molecule has 2 rings (SSSR count). The molecule has 1 heterocycles. The summed E-state index contributed by atoms with van der Waals surface area (Å²) in [5, 5.41) is 4.16. The highest BCUT2D eigenvalue weighted by molar-refractivity contribution is 6.30. The highest BCUT2D eigenvalue weighted by Crippen LogP contribution is 2.29. The Labute approximate surface area is 132 Å². The second kappa shape index (κ2) is 6.37. The largest absolute Gasteiger partial charge is 0.322 e. The molecule has 3 nitrogen and oxygen atoms in total. The van der Waals surface area contributed by atoms with Gasteiger partial charge in [-0.3, -0.25) is 10.1 Å². The highest BCUT2D eigenvalue weighted by atomic mass is 35.5. The number of carbonyl (C=O) groups excluding carboxylic acids is 1. The lowest BCUT2D eigenvalue weighted by Gasteiger charge is -2.28. The first-order valence-corrected chi connectivity index (χ1v) is 8.01. The monoisotopic (exact) mass is 308 g/mol. The van der Waals surface area contributed by atoms with Gasteiger partial charge in [0.1, 0.15) is 6.17 Å². The van der Waals surface area contributed by atoms with Crippen molar-refractivity contribution in [2.24, 2.45) is 5.41 Å². The van der Waals surface area contributed by atoms with Gasteiger partial charge in [0.2, 0.25) is 5.91 Å². The van der Waals surface area contributed by atoms with Gasteiger partial charge in [-0.15, -0.1) is 0 Å². The van der Waals surface area contributed by atoms with Crippen molar-refractivity contribution in [1.29, 1.82) is 0 Å². The molecule has 1 aliphatic rings. The number of halogens is 1. The van der Waals surface area contributed by atoms with Crippen molar-refractivity contribution >= 4 is 17.5 Å². The van der Waals surface area contributed by atoms with Gasteiger partial charge < -0.3 is 4.90 Å². The summed E-state index contributed by atoms with van der Waals surface area (Å²) in [5.41, 5.74) is 1.31. The number of hydrogen-bond donors (Lipinski definition) is 1. The van der Waals surface area contributed by atoms with Crippen molar-refractivity contribution < 1.29 is 4.79 Å². The normalized spacial score (nSPS) is 22.9. The van der Waals surface area contributed by atoms with E-state index in [-0.39, 0.29) is 23.5 Å². The molecule has 0 aromatic heterocycles. The van der Waals surface area contributed by atoms with Gasteiger partial charge in [-0.1, -0.05) is 51.4 Å². The van der Waals surface area contributed by atoms with Crippen LogP contribution in [0, 0.1) is 5.41 Å². The fourth-order valence-corrected chi connectivity index (χ4v) is 2.71. The van der Waals surface area contributed by atoms with Crippen molar-refractivity contribution in [3.05, 3.63) is 34.9 Å². The molecular formula is C17H25ClN2O. The van der Waals surface area contributed by atoms with Crippen LogP contribution in [0.2, 0.25) is 5.02 Å². The van der Waals surface area contributed by atoms with Gasteiger partial charge in [-0.25, -0.2) is 0 Å². The van der Waals surface area contributed by atoms with Crippen LogP contribution in [0.15, 0.2) is 24.3 Å². The second-order valence-corrected chi connectivity index (χ2v) is 7.36. The van der Waals surface area contributed by atoms with E-state index >= 15 is 0 Å². The van der Waals surface area contributed by atoms with Crippen molar-refractivity contribution in [3.63, 3.8) is 0 Å². The predicted molar refractivity (Wildman–Crippen MR) is 87.2 cm³/mol. The topological polar surface area (TPSA) is 32.3 Å². The Hall–Kier alpha value is -1.06. The summed E-state index contributed by atoms with van der Waals surface area (Å²) < 4.78 is 0. The first-order valence-electron chi connectivity index (χ1n) is 7.64. The molecule has 0 saturated carbocycles. The first kappa shape index (κ1) is 16.3. The fourth-order valence-electron chi connectivity index (χ4n) is 2.59. The van der Waals surface area contributed by atoms with Crippen LogP contribution in [0.1, 0.15) is 52.3 Å². The summed E-state index contributed by atoms with van der Waals surface area (Å²) in [7, 11) is 0. The molecular weight excluding hydrogens is 284 g/mol. The lowest BCUT2D eigenvalue weighted by Crippen LogP contribution is -2.33. The molecule has 1 aromatic carbocycles. The second-order valence-electron chi connectivity index (χ2n) is 6.92. The zero-order valence-corrected chi connectivity index (χ0v) is 14.1. The van der Waals surface area contributed by atoms with Crippen LogP contribution < -0.4 is 5.32 Å². The number of amides is 1. The third-order valence-corrected chi connectivity index (χ3v) is 4.20. The summed E-state index contributed by atoms with van der Waals surface area (Å²) in [6, 6.07) is 7.67. The first-order chi connectivity index (χ1) is 9.81. The average molecular weight is 309 g/mol.